The number of hydrogen-bond acceptors (Lipinski definition) is 6. The van der Waals surface area contributed by atoms with Crippen LogP contribution in [-0.2, 0) is 0 Å². The van der Waals surface area contributed by atoms with Crippen molar-refractivity contribution in [3.63, 3.8) is 0 Å². The molecule has 0 radical (unpaired) electrons. The van der Waals surface area contributed by atoms with Gasteiger partial charge in [-0.15, -0.1) is 0 Å². The first kappa shape index (κ1) is 18.9. The van der Waals surface area contributed by atoms with Crippen LogP contribution in [0.15, 0.2) is 66.7 Å². The van der Waals surface area contributed by atoms with E-state index in [9.17, 15) is 14.9 Å². The molecule has 0 aromatic heterocycles. The molecule has 0 aliphatic rings. The molecule has 142 valence electrons. The highest BCUT2D eigenvalue weighted by atomic mass is 16.6. The minimum Gasteiger partial charge on any atom is -0.493 e. The third-order valence-electron chi connectivity index (χ3n) is 4.10. The lowest BCUT2D eigenvalue weighted by atomic mass is 9.99. The average Bonchev–Trinajstić information content (AvgIpc) is 2.73. The normalized spacial score (nSPS) is 10.2. The van der Waals surface area contributed by atoms with Gasteiger partial charge in [-0.2, -0.15) is 0 Å². The predicted molar refractivity (Wildman–Crippen MR) is 103 cm³/mol. The summed E-state index contributed by atoms with van der Waals surface area (Å²) < 4.78 is 16.0. The SMILES string of the molecule is COc1ccc(-c2ccccc2C(=O)Oc2ccc([N+](=O)[O-])cc2)cc1OC. The molecule has 0 atom stereocenters. The molecule has 0 amide bonds. The zero-order chi connectivity index (χ0) is 20.1. The molecule has 0 saturated heterocycles. The fourth-order valence-electron chi connectivity index (χ4n) is 2.71. The number of ether oxygens (including phenoxy) is 3. The van der Waals surface area contributed by atoms with Crippen molar-refractivity contribution in [3.8, 4) is 28.4 Å². The Kier molecular flexibility index (Phi) is 5.55. The standard InChI is InChI=1S/C21H17NO6/c1-26-19-12-7-14(13-20(19)27-2)17-5-3-4-6-18(17)21(23)28-16-10-8-15(9-11-16)22(24)25/h3-13H,1-2H3. The summed E-state index contributed by atoms with van der Waals surface area (Å²) in [5.41, 5.74) is 1.70. The minimum absolute atomic E-state index is 0.0782. The molecule has 28 heavy (non-hydrogen) atoms. The number of hydrogen-bond donors (Lipinski definition) is 0. The second-order valence-electron chi connectivity index (χ2n) is 5.76. The van der Waals surface area contributed by atoms with E-state index < -0.39 is 10.9 Å². The van der Waals surface area contributed by atoms with Crippen LogP contribution < -0.4 is 14.2 Å². The van der Waals surface area contributed by atoms with E-state index in [0.717, 1.165) is 5.56 Å². The maximum Gasteiger partial charge on any atom is 0.344 e. The van der Waals surface area contributed by atoms with Crippen molar-refractivity contribution in [3.05, 3.63) is 82.4 Å². The molecule has 0 heterocycles. The molecule has 7 nitrogen and oxygen atoms in total. The molecule has 0 aliphatic carbocycles. The summed E-state index contributed by atoms with van der Waals surface area (Å²) in [6.45, 7) is 0. The highest BCUT2D eigenvalue weighted by Crippen LogP contribution is 2.34. The zero-order valence-corrected chi connectivity index (χ0v) is 15.2. The van der Waals surface area contributed by atoms with Crippen LogP contribution in [0.4, 0.5) is 5.69 Å². The highest BCUT2D eigenvalue weighted by molar-refractivity contribution is 5.98. The number of nitrogens with zero attached hydrogens (tertiary/aromatic N) is 1. The summed E-state index contributed by atoms with van der Waals surface area (Å²) in [6, 6.07) is 17.7. The average molecular weight is 379 g/mol. The molecule has 0 aliphatic heterocycles. The number of non-ortho nitro benzene ring substituents is 1. The summed E-state index contributed by atoms with van der Waals surface area (Å²) in [4.78, 5) is 22.9. The molecule has 0 bridgehead atoms. The van der Waals surface area contributed by atoms with E-state index in [1.807, 2.05) is 12.1 Å². The van der Waals surface area contributed by atoms with Crippen LogP contribution in [0.2, 0.25) is 0 Å². The van der Waals surface area contributed by atoms with Crippen LogP contribution in [0, 0.1) is 10.1 Å². The minimum atomic E-state index is -0.570. The van der Waals surface area contributed by atoms with Crippen LogP contribution in [0.5, 0.6) is 17.2 Å². The number of carbonyl (C=O) groups is 1. The van der Waals surface area contributed by atoms with Crippen molar-refractivity contribution in [2.45, 2.75) is 0 Å². The summed E-state index contributed by atoms with van der Waals surface area (Å²) >= 11 is 0. The van der Waals surface area contributed by atoms with Gasteiger partial charge >= 0.3 is 5.97 Å². The van der Waals surface area contributed by atoms with Crippen molar-refractivity contribution >= 4 is 11.7 Å². The molecule has 0 spiro atoms. The number of nitro benzene ring substituents is 1. The number of esters is 1. The second kappa shape index (κ2) is 8.22. The van der Waals surface area contributed by atoms with Gasteiger partial charge in [-0.25, -0.2) is 4.79 Å². The van der Waals surface area contributed by atoms with Crippen molar-refractivity contribution in [2.24, 2.45) is 0 Å². The molecule has 7 heteroatoms. The zero-order valence-electron chi connectivity index (χ0n) is 15.2. The third-order valence-corrected chi connectivity index (χ3v) is 4.10. The maximum absolute atomic E-state index is 12.7. The van der Waals surface area contributed by atoms with Gasteiger partial charge in [0.15, 0.2) is 11.5 Å². The quantitative estimate of drug-likeness (QED) is 0.271. The van der Waals surface area contributed by atoms with Gasteiger partial charge in [-0.3, -0.25) is 10.1 Å². The van der Waals surface area contributed by atoms with Gasteiger partial charge in [0.25, 0.3) is 5.69 Å². The Morgan fingerprint density at radius 3 is 2.21 bits per heavy atom. The van der Waals surface area contributed by atoms with Crippen molar-refractivity contribution < 1.29 is 23.9 Å². The Balaban J connectivity index is 1.91. The Bertz CT molecular complexity index is 1010. The highest BCUT2D eigenvalue weighted by Gasteiger charge is 2.17. The van der Waals surface area contributed by atoms with Gasteiger partial charge in [0.2, 0.25) is 0 Å². The lowest BCUT2D eigenvalue weighted by Gasteiger charge is -2.12. The molecule has 3 aromatic carbocycles. The fourth-order valence-corrected chi connectivity index (χ4v) is 2.71. The number of rotatable bonds is 6. The number of methoxy groups -OCH3 is 2. The summed E-state index contributed by atoms with van der Waals surface area (Å²) in [6.07, 6.45) is 0. The van der Waals surface area contributed by atoms with Crippen LogP contribution in [-0.4, -0.2) is 25.1 Å². The van der Waals surface area contributed by atoms with E-state index in [0.29, 0.717) is 22.6 Å². The first-order chi connectivity index (χ1) is 13.5. The van der Waals surface area contributed by atoms with E-state index in [1.165, 1.54) is 31.4 Å². The van der Waals surface area contributed by atoms with Crippen molar-refractivity contribution in [2.75, 3.05) is 14.2 Å². The molecular formula is C21H17NO6. The van der Waals surface area contributed by atoms with Gasteiger partial charge in [0, 0.05) is 12.1 Å². The summed E-state index contributed by atoms with van der Waals surface area (Å²) in [5.74, 6) is 0.771. The molecule has 3 rings (SSSR count). The number of benzene rings is 3. The molecule has 3 aromatic rings. The van der Waals surface area contributed by atoms with E-state index in [1.54, 1.807) is 37.4 Å². The Hall–Kier alpha value is -3.87. The molecule has 0 fully saturated rings. The molecule has 0 unspecified atom stereocenters. The lowest BCUT2D eigenvalue weighted by molar-refractivity contribution is -0.384. The van der Waals surface area contributed by atoms with Crippen LogP contribution in [0.1, 0.15) is 10.4 Å². The Morgan fingerprint density at radius 1 is 0.893 bits per heavy atom. The maximum atomic E-state index is 12.7. The first-order valence-corrected chi connectivity index (χ1v) is 8.31. The summed E-state index contributed by atoms with van der Waals surface area (Å²) in [7, 11) is 3.09. The number of carbonyl (C=O) groups excluding carboxylic acids is 1. The monoisotopic (exact) mass is 379 g/mol. The van der Waals surface area contributed by atoms with E-state index >= 15 is 0 Å². The van der Waals surface area contributed by atoms with Gasteiger partial charge in [-0.1, -0.05) is 24.3 Å². The fraction of sp³-hybridized carbons (Fsp3) is 0.0952. The smallest absolute Gasteiger partial charge is 0.344 e. The first-order valence-electron chi connectivity index (χ1n) is 8.31. The number of nitro groups is 1. The van der Waals surface area contributed by atoms with Crippen molar-refractivity contribution in [1.82, 2.24) is 0 Å². The Labute approximate surface area is 161 Å². The van der Waals surface area contributed by atoms with Crippen LogP contribution in [0.25, 0.3) is 11.1 Å². The van der Waals surface area contributed by atoms with Gasteiger partial charge in [0.1, 0.15) is 5.75 Å². The van der Waals surface area contributed by atoms with Gasteiger partial charge in [0.05, 0.1) is 24.7 Å². The largest absolute Gasteiger partial charge is 0.493 e. The molecular weight excluding hydrogens is 362 g/mol. The van der Waals surface area contributed by atoms with E-state index in [2.05, 4.69) is 0 Å². The summed E-state index contributed by atoms with van der Waals surface area (Å²) in [5, 5.41) is 10.7. The third kappa shape index (κ3) is 3.93. The Morgan fingerprint density at radius 2 is 1.57 bits per heavy atom. The van der Waals surface area contributed by atoms with Crippen molar-refractivity contribution in [1.29, 1.82) is 0 Å². The van der Waals surface area contributed by atoms with E-state index in [4.69, 9.17) is 14.2 Å². The second-order valence-corrected chi connectivity index (χ2v) is 5.76. The van der Waals surface area contributed by atoms with Gasteiger partial charge in [-0.05, 0) is 41.5 Å². The predicted octanol–water partition coefficient (Wildman–Crippen LogP) is 4.50. The lowest BCUT2D eigenvalue weighted by Crippen LogP contribution is -2.10. The van der Waals surface area contributed by atoms with Crippen LogP contribution in [0.3, 0.4) is 0 Å². The van der Waals surface area contributed by atoms with E-state index in [-0.39, 0.29) is 11.4 Å². The molecule has 0 N–H and O–H groups in total. The van der Waals surface area contributed by atoms with Gasteiger partial charge < -0.3 is 14.2 Å². The van der Waals surface area contributed by atoms with Crippen LogP contribution >= 0.6 is 0 Å². The topological polar surface area (TPSA) is 87.9 Å². The molecule has 0 saturated carbocycles.